The molecule has 0 rings (SSSR count). The van der Waals surface area contributed by atoms with Gasteiger partial charge in [0.25, 0.3) is 0 Å². The summed E-state index contributed by atoms with van der Waals surface area (Å²) in [6, 6.07) is 0. The zero-order valence-corrected chi connectivity index (χ0v) is 9.49. The molecule has 0 fully saturated rings. The first-order valence-corrected chi connectivity index (χ1v) is 5.07. The Morgan fingerprint density at radius 3 is 2.12 bits per heavy atom. The van der Waals surface area contributed by atoms with Crippen molar-refractivity contribution in [1.29, 1.82) is 0 Å². The Kier molecular flexibility index (Phi) is 7.79. The number of rotatable bonds is 8. The van der Waals surface area contributed by atoms with Crippen LogP contribution in [0.4, 0.5) is 0 Å². The molecular formula is C11H18N2O3. The fraction of sp³-hybridized carbons (Fsp3) is 0.455. The minimum Gasteiger partial charge on any atom is -0.382 e. The van der Waals surface area contributed by atoms with Crippen molar-refractivity contribution in [1.82, 2.24) is 10.6 Å². The average molecular weight is 226 g/mol. The van der Waals surface area contributed by atoms with Crippen LogP contribution in [0.3, 0.4) is 0 Å². The summed E-state index contributed by atoms with van der Waals surface area (Å²) >= 11 is 0. The van der Waals surface area contributed by atoms with E-state index in [4.69, 9.17) is 4.74 Å². The maximum atomic E-state index is 11.1. The molecule has 0 aromatic carbocycles. The van der Waals surface area contributed by atoms with E-state index < -0.39 is 6.17 Å². The fourth-order valence-corrected chi connectivity index (χ4v) is 0.987. The second-order valence-corrected chi connectivity index (χ2v) is 2.96. The Bertz CT molecular complexity index is 242. The first-order chi connectivity index (χ1) is 7.63. The van der Waals surface area contributed by atoms with E-state index in [-0.39, 0.29) is 11.8 Å². The minimum absolute atomic E-state index is 0.342. The van der Waals surface area contributed by atoms with Crippen molar-refractivity contribution < 1.29 is 14.3 Å². The molecule has 5 heteroatoms. The lowest BCUT2D eigenvalue weighted by molar-refractivity contribution is -0.119. The molecule has 0 aromatic heterocycles. The third-order valence-corrected chi connectivity index (χ3v) is 1.76. The molecule has 0 saturated heterocycles. The van der Waals surface area contributed by atoms with Crippen LogP contribution < -0.4 is 10.6 Å². The summed E-state index contributed by atoms with van der Waals surface area (Å²) in [6.07, 6.45) is 2.32. The highest BCUT2D eigenvalue weighted by Gasteiger charge is 2.11. The molecule has 5 nitrogen and oxygen atoms in total. The molecule has 0 saturated carbocycles. The molecule has 16 heavy (non-hydrogen) atoms. The van der Waals surface area contributed by atoms with Gasteiger partial charge >= 0.3 is 0 Å². The van der Waals surface area contributed by atoms with Crippen LogP contribution in [0.2, 0.25) is 0 Å². The number of ether oxygens (including phenoxy) is 1. The topological polar surface area (TPSA) is 67.4 Å². The normalized spacial score (nSPS) is 9.62. The van der Waals surface area contributed by atoms with Crippen molar-refractivity contribution in [2.45, 2.75) is 19.5 Å². The van der Waals surface area contributed by atoms with Crippen molar-refractivity contribution in [2.24, 2.45) is 0 Å². The van der Waals surface area contributed by atoms with E-state index in [0.29, 0.717) is 19.6 Å². The number of carbonyl (C=O) groups is 2. The first kappa shape index (κ1) is 14.4. The molecule has 2 N–H and O–H groups in total. The summed E-state index contributed by atoms with van der Waals surface area (Å²) in [5, 5.41) is 5.15. The van der Waals surface area contributed by atoms with E-state index >= 15 is 0 Å². The van der Waals surface area contributed by atoms with Gasteiger partial charge in [0.2, 0.25) is 11.8 Å². The molecule has 0 radical (unpaired) electrons. The van der Waals surface area contributed by atoms with Crippen molar-refractivity contribution in [2.75, 3.05) is 13.2 Å². The van der Waals surface area contributed by atoms with Gasteiger partial charge < -0.3 is 15.4 Å². The molecule has 0 spiro atoms. The summed E-state index contributed by atoms with van der Waals surface area (Å²) in [6.45, 7) is 9.59. The minimum atomic E-state index is -0.470. The van der Waals surface area contributed by atoms with E-state index in [9.17, 15) is 9.59 Å². The van der Waals surface area contributed by atoms with Crippen molar-refractivity contribution in [3.05, 3.63) is 25.3 Å². The summed E-state index contributed by atoms with van der Waals surface area (Å²) < 4.78 is 5.14. The van der Waals surface area contributed by atoms with Gasteiger partial charge in [-0.1, -0.05) is 13.2 Å². The Balaban J connectivity index is 4.14. The summed E-state index contributed by atoms with van der Waals surface area (Å²) in [7, 11) is 0. The lowest BCUT2D eigenvalue weighted by atomic mass is 10.3. The summed E-state index contributed by atoms with van der Waals surface area (Å²) in [5.41, 5.74) is 0. The van der Waals surface area contributed by atoms with Gasteiger partial charge in [-0.15, -0.1) is 0 Å². The molecule has 0 aliphatic rings. The molecule has 0 unspecified atom stereocenters. The standard InChI is InChI=1S/C11H18N2O3/c1-4-10(14)12-9(7-8-16-6-3)13-11(15)5-2/h4-5,9H,1-2,6-8H2,3H3,(H,12,14)(H,13,15). The number of amides is 2. The number of carbonyl (C=O) groups excluding carboxylic acids is 2. The molecule has 2 amide bonds. The van der Waals surface area contributed by atoms with Crippen molar-refractivity contribution in [3.63, 3.8) is 0 Å². The maximum Gasteiger partial charge on any atom is 0.244 e. The van der Waals surface area contributed by atoms with E-state index in [1.54, 1.807) is 0 Å². The average Bonchev–Trinajstić information content (AvgIpc) is 2.28. The second kappa shape index (κ2) is 8.67. The third kappa shape index (κ3) is 6.78. The first-order valence-electron chi connectivity index (χ1n) is 5.07. The zero-order chi connectivity index (χ0) is 12.4. The Morgan fingerprint density at radius 1 is 1.25 bits per heavy atom. The lowest BCUT2D eigenvalue weighted by Gasteiger charge is -2.18. The van der Waals surface area contributed by atoms with Gasteiger partial charge in [-0.3, -0.25) is 9.59 Å². The largest absolute Gasteiger partial charge is 0.382 e. The van der Waals surface area contributed by atoms with E-state index in [0.717, 1.165) is 12.2 Å². The highest BCUT2D eigenvalue weighted by molar-refractivity contribution is 5.89. The van der Waals surface area contributed by atoms with Gasteiger partial charge in [0.15, 0.2) is 0 Å². The molecular weight excluding hydrogens is 208 g/mol. The molecule has 0 aromatic rings. The quantitative estimate of drug-likeness (QED) is 0.356. The number of hydrogen-bond acceptors (Lipinski definition) is 3. The SMILES string of the molecule is C=CC(=O)NC(CCOCC)NC(=O)C=C. The van der Waals surface area contributed by atoms with Crippen molar-refractivity contribution in [3.8, 4) is 0 Å². The van der Waals surface area contributed by atoms with Gasteiger partial charge in [0.1, 0.15) is 6.17 Å². The monoisotopic (exact) mass is 226 g/mol. The molecule has 0 aliphatic carbocycles. The van der Waals surface area contributed by atoms with Crippen molar-refractivity contribution >= 4 is 11.8 Å². The molecule has 0 bridgehead atoms. The Hall–Kier alpha value is -1.62. The van der Waals surface area contributed by atoms with Crippen LogP contribution in [0.1, 0.15) is 13.3 Å². The van der Waals surface area contributed by atoms with Crippen LogP contribution in [0, 0.1) is 0 Å². The van der Waals surface area contributed by atoms with Crippen LogP contribution in [0.15, 0.2) is 25.3 Å². The zero-order valence-electron chi connectivity index (χ0n) is 9.49. The van der Waals surface area contributed by atoms with Gasteiger partial charge in [-0.2, -0.15) is 0 Å². The van der Waals surface area contributed by atoms with Crippen LogP contribution in [0.5, 0.6) is 0 Å². The number of hydrogen-bond donors (Lipinski definition) is 2. The maximum absolute atomic E-state index is 11.1. The van der Waals surface area contributed by atoms with Gasteiger partial charge in [0, 0.05) is 13.0 Å². The van der Waals surface area contributed by atoms with Crippen LogP contribution in [-0.2, 0) is 14.3 Å². The van der Waals surface area contributed by atoms with E-state index in [1.807, 2.05) is 6.92 Å². The smallest absolute Gasteiger partial charge is 0.244 e. The molecule has 90 valence electrons. The number of nitrogens with one attached hydrogen (secondary N) is 2. The van der Waals surface area contributed by atoms with E-state index in [1.165, 1.54) is 0 Å². The highest BCUT2D eigenvalue weighted by Crippen LogP contribution is 1.91. The van der Waals surface area contributed by atoms with Gasteiger partial charge in [-0.25, -0.2) is 0 Å². The third-order valence-electron chi connectivity index (χ3n) is 1.76. The summed E-state index contributed by atoms with van der Waals surface area (Å²) in [4.78, 5) is 22.2. The lowest BCUT2D eigenvalue weighted by Crippen LogP contribution is -2.47. The second-order valence-electron chi connectivity index (χ2n) is 2.96. The molecule has 0 heterocycles. The Morgan fingerprint density at radius 2 is 1.75 bits per heavy atom. The van der Waals surface area contributed by atoms with E-state index in [2.05, 4.69) is 23.8 Å². The Labute approximate surface area is 95.5 Å². The van der Waals surface area contributed by atoms with Crippen LogP contribution in [0.25, 0.3) is 0 Å². The summed E-state index contributed by atoms with van der Waals surface area (Å²) in [5.74, 6) is -0.684. The van der Waals surface area contributed by atoms with Gasteiger partial charge in [0.05, 0.1) is 6.61 Å². The van der Waals surface area contributed by atoms with Crippen LogP contribution in [-0.4, -0.2) is 31.2 Å². The van der Waals surface area contributed by atoms with Gasteiger partial charge in [-0.05, 0) is 19.1 Å². The van der Waals surface area contributed by atoms with Crippen LogP contribution >= 0.6 is 0 Å². The highest BCUT2D eigenvalue weighted by atomic mass is 16.5. The predicted octanol–water partition coefficient (Wildman–Crippen LogP) is 0.344. The molecule has 0 atom stereocenters. The molecule has 0 aliphatic heterocycles. The predicted molar refractivity (Wildman–Crippen MR) is 61.6 cm³/mol. The fourth-order valence-electron chi connectivity index (χ4n) is 0.987.